The lowest BCUT2D eigenvalue weighted by Gasteiger charge is -2.01. The molecule has 0 atom stereocenters. The molecule has 0 saturated carbocycles. The number of nitrogens with two attached hydrogens (primary N) is 1. The first-order valence-electron chi connectivity index (χ1n) is 3.00. The maximum atomic E-state index is 12.8. The third-order valence-electron chi connectivity index (χ3n) is 1.32. The second-order valence-corrected chi connectivity index (χ2v) is 3.07. The summed E-state index contributed by atoms with van der Waals surface area (Å²) in [6.45, 7) is 0. The fraction of sp³-hybridized carbons (Fsp3) is 0. The molecule has 1 aromatic rings. The van der Waals surface area contributed by atoms with E-state index in [1.54, 1.807) is 0 Å². The highest BCUT2D eigenvalue weighted by Gasteiger charge is 2.12. The molecule has 0 aliphatic heterocycles. The highest BCUT2D eigenvalue weighted by molar-refractivity contribution is 9.10. The van der Waals surface area contributed by atoms with Crippen molar-refractivity contribution in [1.82, 2.24) is 0 Å². The fourth-order valence-electron chi connectivity index (χ4n) is 0.762. The molecule has 0 radical (unpaired) electrons. The molecule has 3 nitrogen and oxygen atoms in total. The van der Waals surface area contributed by atoms with Gasteiger partial charge in [0, 0.05) is 4.47 Å². The van der Waals surface area contributed by atoms with E-state index in [2.05, 4.69) is 15.9 Å². The number of benzene rings is 1. The van der Waals surface area contributed by atoms with Gasteiger partial charge in [0.2, 0.25) is 0 Å². The van der Waals surface area contributed by atoms with Crippen molar-refractivity contribution < 1.29 is 14.3 Å². The number of aromatic carboxylic acids is 1. The third kappa shape index (κ3) is 2.67. The van der Waals surface area contributed by atoms with Gasteiger partial charge >= 0.3 is 5.97 Å². The summed E-state index contributed by atoms with van der Waals surface area (Å²) < 4.78 is 13.1. The van der Waals surface area contributed by atoms with E-state index < -0.39 is 11.8 Å². The van der Waals surface area contributed by atoms with Crippen LogP contribution in [0, 0.1) is 5.82 Å². The molecule has 1 aromatic carbocycles. The lowest BCUT2D eigenvalue weighted by molar-refractivity contribution is 0.0697. The van der Waals surface area contributed by atoms with Gasteiger partial charge < -0.3 is 10.8 Å². The van der Waals surface area contributed by atoms with Crippen LogP contribution >= 0.6 is 32.9 Å². The van der Waals surface area contributed by atoms with E-state index in [-0.39, 0.29) is 28.2 Å². The van der Waals surface area contributed by atoms with Crippen molar-refractivity contribution in [2.45, 2.75) is 0 Å². The number of anilines is 1. The zero-order chi connectivity index (χ0) is 9.30. The molecular formula is C7H6Br2FNO2. The van der Waals surface area contributed by atoms with E-state index in [1.807, 2.05) is 0 Å². The predicted molar refractivity (Wildman–Crippen MR) is 55.8 cm³/mol. The van der Waals surface area contributed by atoms with E-state index in [1.165, 1.54) is 6.07 Å². The van der Waals surface area contributed by atoms with Crippen LogP contribution in [-0.4, -0.2) is 11.1 Å². The average Bonchev–Trinajstić information content (AvgIpc) is 1.96. The summed E-state index contributed by atoms with van der Waals surface area (Å²) in [5.41, 5.74) is 4.60. The van der Waals surface area contributed by atoms with Crippen molar-refractivity contribution in [3.05, 3.63) is 28.0 Å². The summed E-state index contributed by atoms with van der Waals surface area (Å²) >= 11 is 2.96. The van der Waals surface area contributed by atoms with Crippen LogP contribution in [0.25, 0.3) is 0 Å². The Morgan fingerprint density at radius 3 is 2.54 bits per heavy atom. The van der Waals surface area contributed by atoms with Crippen LogP contribution in [0.2, 0.25) is 0 Å². The molecule has 72 valence electrons. The van der Waals surface area contributed by atoms with E-state index >= 15 is 0 Å². The predicted octanol–water partition coefficient (Wildman–Crippen LogP) is 2.45. The van der Waals surface area contributed by atoms with Gasteiger partial charge in [-0.15, -0.1) is 17.0 Å². The van der Waals surface area contributed by atoms with Crippen molar-refractivity contribution in [3.63, 3.8) is 0 Å². The summed E-state index contributed by atoms with van der Waals surface area (Å²) in [5.74, 6) is -1.98. The molecule has 0 bridgehead atoms. The van der Waals surface area contributed by atoms with Gasteiger partial charge in [0.25, 0.3) is 0 Å². The van der Waals surface area contributed by atoms with E-state index in [9.17, 15) is 9.18 Å². The van der Waals surface area contributed by atoms with Gasteiger partial charge in [-0.3, -0.25) is 0 Å². The van der Waals surface area contributed by atoms with Gasteiger partial charge in [-0.2, -0.15) is 0 Å². The molecule has 0 saturated heterocycles. The minimum atomic E-state index is -1.24. The first-order valence-corrected chi connectivity index (χ1v) is 3.79. The quantitative estimate of drug-likeness (QED) is 0.783. The second kappa shape index (κ2) is 4.57. The smallest absolute Gasteiger partial charge is 0.337 e. The van der Waals surface area contributed by atoms with Crippen molar-refractivity contribution in [2.75, 3.05) is 5.73 Å². The van der Waals surface area contributed by atoms with Gasteiger partial charge in [0.05, 0.1) is 11.3 Å². The Labute approximate surface area is 92.6 Å². The van der Waals surface area contributed by atoms with Gasteiger partial charge in [0.1, 0.15) is 5.82 Å². The molecule has 0 spiro atoms. The lowest BCUT2D eigenvalue weighted by atomic mass is 10.2. The molecule has 0 unspecified atom stereocenters. The summed E-state index contributed by atoms with van der Waals surface area (Å²) in [7, 11) is 0. The number of nitrogen functional groups attached to an aromatic ring is 1. The summed E-state index contributed by atoms with van der Waals surface area (Å²) in [5, 5.41) is 8.55. The number of carboxylic acid groups (broad SMARTS) is 1. The van der Waals surface area contributed by atoms with E-state index in [4.69, 9.17) is 10.8 Å². The minimum absolute atomic E-state index is 0. The first kappa shape index (κ1) is 12.4. The number of hydrogen-bond donors (Lipinski definition) is 2. The Balaban J connectivity index is 0.00000144. The maximum absolute atomic E-state index is 12.8. The summed E-state index contributed by atoms with van der Waals surface area (Å²) in [4.78, 5) is 10.5. The van der Waals surface area contributed by atoms with Crippen LogP contribution in [0.5, 0.6) is 0 Å². The SMILES string of the molecule is Br.Nc1c(F)cc(Br)cc1C(=O)O. The standard InChI is InChI=1S/C7H5BrFNO2.BrH/c8-3-1-4(7(11)12)6(10)5(9)2-3;/h1-2H,10H2,(H,11,12);1H. The Hall–Kier alpha value is -0.620. The van der Waals surface area contributed by atoms with Crippen LogP contribution in [-0.2, 0) is 0 Å². The normalized spacial score (nSPS) is 9.08. The third-order valence-corrected chi connectivity index (χ3v) is 1.78. The van der Waals surface area contributed by atoms with Crippen molar-refractivity contribution in [2.24, 2.45) is 0 Å². The number of carboxylic acids is 1. The number of halogens is 3. The molecule has 6 heteroatoms. The number of rotatable bonds is 1. The monoisotopic (exact) mass is 313 g/mol. The highest BCUT2D eigenvalue weighted by atomic mass is 79.9. The van der Waals surface area contributed by atoms with E-state index in [0.29, 0.717) is 4.47 Å². The Morgan fingerprint density at radius 2 is 2.08 bits per heavy atom. The van der Waals surface area contributed by atoms with Gasteiger partial charge in [-0.1, -0.05) is 15.9 Å². The molecule has 13 heavy (non-hydrogen) atoms. The van der Waals surface area contributed by atoms with Gasteiger partial charge in [-0.25, -0.2) is 9.18 Å². The number of hydrogen-bond acceptors (Lipinski definition) is 2. The lowest BCUT2D eigenvalue weighted by Crippen LogP contribution is -2.04. The van der Waals surface area contributed by atoms with Gasteiger partial charge in [-0.05, 0) is 12.1 Å². The van der Waals surface area contributed by atoms with Crippen molar-refractivity contribution >= 4 is 44.6 Å². The maximum Gasteiger partial charge on any atom is 0.337 e. The van der Waals surface area contributed by atoms with Crippen LogP contribution < -0.4 is 5.73 Å². The molecule has 0 amide bonds. The molecule has 0 aliphatic carbocycles. The summed E-state index contributed by atoms with van der Waals surface area (Å²) in [6, 6.07) is 2.36. The van der Waals surface area contributed by atoms with Crippen LogP contribution in [0.4, 0.5) is 10.1 Å². The second-order valence-electron chi connectivity index (χ2n) is 2.15. The van der Waals surface area contributed by atoms with Crippen LogP contribution in [0.3, 0.4) is 0 Å². The largest absolute Gasteiger partial charge is 0.478 e. The van der Waals surface area contributed by atoms with Crippen LogP contribution in [0.1, 0.15) is 10.4 Å². The van der Waals surface area contributed by atoms with Crippen molar-refractivity contribution in [3.8, 4) is 0 Å². The zero-order valence-corrected chi connectivity index (χ0v) is 9.55. The Morgan fingerprint density at radius 1 is 1.54 bits per heavy atom. The average molecular weight is 315 g/mol. The molecule has 0 aromatic heterocycles. The van der Waals surface area contributed by atoms with Crippen LogP contribution in [0.15, 0.2) is 16.6 Å². The zero-order valence-electron chi connectivity index (χ0n) is 6.25. The highest BCUT2D eigenvalue weighted by Crippen LogP contribution is 2.22. The fourth-order valence-corrected chi connectivity index (χ4v) is 1.19. The van der Waals surface area contributed by atoms with E-state index in [0.717, 1.165) is 6.07 Å². The minimum Gasteiger partial charge on any atom is -0.478 e. The molecule has 1 rings (SSSR count). The molecule has 3 N–H and O–H groups in total. The summed E-state index contributed by atoms with van der Waals surface area (Å²) in [6.07, 6.45) is 0. The molecule has 0 heterocycles. The molecule has 0 aliphatic rings. The van der Waals surface area contributed by atoms with Gasteiger partial charge in [0.15, 0.2) is 0 Å². The topological polar surface area (TPSA) is 63.3 Å². The molecular weight excluding hydrogens is 309 g/mol. The Kier molecular flexibility index (Phi) is 4.35. The molecule has 0 fully saturated rings. The Bertz CT molecular complexity index is 344. The first-order chi connectivity index (χ1) is 5.52. The van der Waals surface area contributed by atoms with Crippen molar-refractivity contribution in [1.29, 1.82) is 0 Å². The number of carbonyl (C=O) groups is 1.